The van der Waals surface area contributed by atoms with Gasteiger partial charge in [0.05, 0.1) is 0 Å². The molecule has 6 heteroatoms. The third-order valence-electron chi connectivity index (χ3n) is 4.50. The van der Waals surface area contributed by atoms with E-state index in [1.165, 1.54) is 22.6 Å². The number of benzene rings is 2. The summed E-state index contributed by atoms with van der Waals surface area (Å²) in [6.45, 7) is 3.88. The lowest BCUT2D eigenvalue weighted by Crippen LogP contribution is -2.47. The first-order chi connectivity index (χ1) is 13.1. The number of carbonyl (C=O) groups is 1. The van der Waals surface area contributed by atoms with Crippen LogP contribution in [0.15, 0.2) is 54.6 Å². The van der Waals surface area contributed by atoms with Gasteiger partial charge in [-0.05, 0) is 41.5 Å². The van der Waals surface area contributed by atoms with Crippen molar-refractivity contribution in [2.45, 2.75) is 6.54 Å². The van der Waals surface area contributed by atoms with Crippen LogP contribution in [0.1, 0.15) is 11.1 Å². The molecule has 0 aromatic heterocycles. The van der Waals surface area contributed by atoms with Gasteiger partial charge in [0.1, 0.15) is 18.2 Å². The summed E-state index contributed by atoms with van der Waals surface area (Å²) in [5, 5.41) is 8.99. The normalized spacial score (nSPS) is 15.2. The molecule has 2 aromatic carbocycles. The molecular weight excluding hydrogens is 347 g/mol. The highest BCUT2D eigenvalue weighted by Crippen LogP contribution is 2.13. The minimum atomic E-state index is -0.839. The maximum absolute atomic E-state index is 12.8. The molecule has 0 unspecified atom stereocenters. The van der Waals surface area contributed by atoms with Crippen LogP contribution in [0.25, 0.3) is 6.08 Å². The van der Waals surface area contributed by atoms with E-state index in [2.05, 4.69) is 29.2 Å². The summed E-state index contributed by atoms with van der Waals surface area (Å²) in [6.07, 6.45) is 3.07. The van der Waals surface area contributed by atoms with Crippen molar-refractivity contribution in [3.05, 3.63) is 71.6 Å². The lowest BCUT2D eigenvalue weighted by Gasteiger charge is -2.33. The Morgan fingerprint density at radius 2 is 1.70 bits per heavy atom. The number of carboxylic acid groups (broad SMARTS) is 1. The van der Waals surface area contributed by atoms with Gasteiger partial charge in [-0.3, -0.25) is 4.90 Å². The highest BCUT2D eigenvalue weighted by molar-refractivity contribution is 5.65. The average Bonchev–Trinajstić information content (AvgIpc) is 2.68. The molecule has 142 valence electrons. The number of hydrogen-bond acceptors (Lipinski definition) is 3. The minimum Gasteiger partial charge on any atom is -0.490 e. The first-order valence-corrected chi connectivity index (χ1v) is 8.94. The lowest BCUT2D eigenvalue weighted by molar-refractivity contribution is 0.103. The standard InChI is InChI=1S/C21H23FN2O3/c22-19-7-9-20(10-8-19)27-15-1-2-17-3-5-18(6-4-17)16-23-11-13-24(14-12-23)21(25)26/h1-10H,11-16H2,(H,25,26). The molecule has 1 fully saturated rings. The van der Waals surface area contributed by atoms with Crippen molar-refractivity contribution in [2.24, 2.45) is 0 Å². The Kier molecular flexibility index (Phi) is 6.44. The van der Waals surface area contributed by atoms with Crippen LogP contribution in [0, 0.1) is 5.82 Å². The van der Waals surface area contributed by atoms with Gasteiger partial charge in [0, 0.05) is 32.7 Å². The zero-order valence-corrected chi connectivity index (χ0v) is 15.1. The molecule has 1 amide bonds. The van der Waals surface area contributed by atoms with E-state index in [1.807, 2.05) is 12.2 Å². The second-order valence-electron chi connectivity index (χ2n) is 6.45. The summed E-state index contributed by atoms with van der Waals surface area (Å²) in [7, 11) is 0. The predicted octanol–water partition coefficient (Wildman–Crippen LogP) is 3.71. The highest BCUT2D eigenvalue weighted by atomic mass is 19.1. The van der Waals surface area contributed by atoms with Crippen LogP contribution in [0.2, 0.25) is 0 Å². The van der Waals surface area contributed by atoms with Gasteiger partial charge in [0.25, 0.3) is 0 Å². The molecule has 0 radical (unpaired) electrons. The molecule has 0 atom stereocenters. The summed E-state index contributed by atoms with van der Waals surface area (Å²) >= 11 is 0. The van der Waals surface area contributed by atoms with Crippen LogP contribution in [0.5, 0.6) is 5.75 Å². The van der Waals surface area contributed by atoms with Crippen LogP contribution < -0.4 is 4.74 Å². The topological polar surface area (TPSA) is 53.0 Å². The Hall–Kier alpha value is -2.86. The van der Waals surface area contributed by atoms with Crippen molar-refractivity contribution in [2.75, 3.05) is 32.8 Å². The van der Waals surface area contributed by atoms with Crippen molar-refractivity contribution in [1.82, 2.24) is 9.80 Å². The first-order valence-electron chi connectivity index (χ1n) is 8.94. The SMILES string of the molecule is O=C(O)N1CCN(Cc2ccc(C=CCOc3ccc(F)cc3)cc2)CC1. The number of amides is 1. The quantitative estimate of drug-likeness (QED) is 0.842. The molecule has 3 rings (SSSR count). The summed E-state index contributed by atoms with van der Waals surface area (Å²) in [5.41, 5.74) is 2.29. The van der Waals surface area contributed by atoms with Crippen molar-refractivity contribution in [3.63, 3.8) is 0 Å². The average molecular weight is 370 g/mol. The van der Waals surface area contributed by atoms with Crippen LogP contribution in [0.3, 0.4) is 0 Å². The van der Waals surface area contributed by atoms with Crippen molar-refractivity contribution >= 4 is 12.2 Å². The predicted molar refractivity (Wildman–Crippen MR) is 102 cm³/mol. The molecule has 1 saturated heterocycles. The molecule has 5 nitrogen and oxygen atoms in total. The smallest absolute Gasteiger partial charge is 0.407 e. The molecular formula is C21H23FN2O3. The number of halogens is 1. The summed E-state index contributed by atoms with van der Waals surface area (Å²) in [5.74, 6) is 0.362. The minimum absolute atomic E-state index is 0.276. The second-order valence-corrected chi connectivity index (χ2v) is 6.45. The van der Waals surface area contributed by atoms with E-state index in [1.54, 1.807) is 12.1 Å². The zero-order valence-electron chi connectivity index (χ0n) is 15.1. The number of nitrogens with zero attached hydrogens (tertiary/aromatic N) is 2. The Morgan fingerprint density at radius 1 is 1.04 bits per heavy atom. The third-order valence-corrected chi connectivity index (χ3v) is 4.50. The number of piperazine rings is 1. The highest BCUT2D eigenvalue weighted by Gasteiger charge is 2.20. The van der Waals surface area contributed by atoms with E-state index in [-0.39, 0.29) is 5.82 Å². The van der Waals surface area contributed by atoms with E-state index >= 15 is 0 Å². The van der Waals surface area contributed by atoms with Gasteiger partial charge in [-0.25, -0.2) is 9.18 Å². The Morgan fingerprint density at radius 3 is 2.33 bits per heavy atom. The molecule has 1 aliphatic heterocycles. The van der Waals surface area contributed by atoms with E-state index in [0.29, 0.717) is 25.4 Å². The molecule has 0 spiro atoms. The number of ether oxygens (including phenoxy) is 1. The van der Waals surface area contributed by atoms with E-state index in [9.17, 15) is 9.18 Å². The fourth-order valence-electron chi connectivity index (χ4n) is 2.95. The summed E-state index contributed by atoms with van der Waals surface area (Å²) < 4.78 is 18.4. The Bertz CT molecular complexity index is 767. The van der Waals surface area contributed by atoms with E-state index in [4.69, 9.17) is 9.84 Å². The van der Waals surface area contributed by atoms with Crippen molar-refractivity contribution in [1.29, 1.82) is 0 Å². The van der Waals surface area contributed by atoms with Gasteiger partial charge >= 0.3 is 6.09 Å². The maximum atomic E-state index is 12.8. The Labute approximate surface area is 158 Å². The van der Waals surface area contributed by atoms with Crippen LogP contribution in [0.4, 0.5) is 9.18 Å². The number of hydrogen-bond donors (Lipinski definition) is 1. The van der Waals surface area contributed by atoms with Crippen LogP contribution >= 0.6 is 0 Å². The molecule has 2 aromatic rings. The molecule has 0 saturated carbocycles. The summed E-state index contributed by atoms with van der Waals surface area (Å²) in [6, 6.07) is 14.2. The maximum Gasteiger partial charge on any atom is 0.407 e. The molecule has 0 aliphatic carbocycles. The molecule has 27 heavy (non-hydrogen) atoms. The second kappa shape index (κ2) is 9.19. The largest absolute Gasteiger partial charge is 0.490 e. The van der Waals surface area contributed by atoms with Crippen molar-refractivity contribution < 1.29 is 19.0 Å². The van der Waals surface area contributed by atoms with E-state index < -0.39 is 6.09 Å². The van der Waals surface area contributed by atoms with E-state index in [0.717, 1.165) is 25.2 Å². The summed E-state index contributed by atoms with van der Waals surface area (Å²) in [4.78, 5) is 14.7. The van der Waals surface area contributed by atoms with Gasteiger partial charge < -0.3 is 14.7 Å². The fourth-order valence-corrected chi connectivity index (χ4v) is 2.95. The molecule has 0 bridgehead atoms. The molecule has 1 aliphatic rings. The lowest BCUT2D eigenvalue weighted by atomic mass is 10.1. The van der Waals surface area contributed by atoms with Gasteiger partial charge in [-0.2, -0.15) is 0 Å². The van der Waals surface area contributed by atoms with Crippen LogP contribution in [-0.4, -0.2) is 53.8 Å². The van der Waals surface area contributed by atoms with Gasteiger partial charge in [0.15, 0.2) is 0 Å². The third kappa shape index (κ3) is 5.82. The Balaban J connectivity index is 1.43. The molecule has 1 heterocycles. The van der Waals surface area contributed by atoms with Crippen LogP contribution in [-0.2, 0) is 6.54 Å². The number of rotatable bonds is 6. The molecule has 1 N–H and O–H groups in total. The van der Waals surface area contributed by atoms with Gasteiger partial charge in [-0.1, -0.05) is 30.3 Å². The monoisotopic (exact) mass is 370 g/mol. The van der Waals surface area contributed by atoms with Crippen molar-refractivity contribution in [3.8, 4) is 5.75 Å². The van der Waals surface area contributed by atoms with Gasteiger partial charge in [-0.15, -0.1) is 0 Å². The fraction of sp³-hybridized carbons (Fsp3) is 0.286. The zero-order chi connectivity index (χ0) is 19.1. The first kappa shape index (κ1) is 18.9. The van der Waals surface area contributed by atoms with Gasteiger partial charge in [0.2, 0.25) is 0 Å².